The van der Waals surface area contributed by atoms with Gasteiger partial charge in [0.25, 0.3) is 0 Å². The molecule has 2 aromatic carbocycles. The lowest BCUT2D eigenvalue weighted by atomic mass is 10.1. The normalized spacial score (nSPS) is 10.2. The SMILES string of the molecule is Cc1ccc(C(=O)O)cc1Oc1ccc([N+](=O)[O-])c(F)c1. The fourth-order valence-electron chi connectivity index (χ4n) is 1.67. The lowest BCUT2D eigenvalue weighted by Gasteiger charge is -2.09. The molecular formula is C14H10FNO5. The lowest BCUT2D eigenvalue weighted by molar-refractivity contribution is -0.387. The van der Waals surface area contributed by atoms with E-state index >= 15 is 0 Å². The Kier molecular flexibility index (Phi) is 3.84. The van der Waals surface area contributed by atoms with Crippen LogP contribution >= 0.6 is 0 Å². The maximum atomic E-state index is 13.5. The van der Waals surface area contributed by atoms with Crippen LogP contribution in [0.25, 0.3) is 0 Å². The van der Waals surface area contributed by atoms with E-state index in [0.717, 1.165) is 12.1 Å². The van der Waals surface area contributed by atoms with Crippen LogP contribution in [0.3, 0.4) is 0 Å². The zero-order valence-electron chi connectivity index (χ0n) is 10.9. The van der Waals surface area contributed by atoms with E-state index in [1.54, 1.807) is 13.0 Å². The Hall–Kier alpha value is -2.96. The fraction of sp³-hybridized carbons (Fsp3) is 0.0714. The molecular weight excluding hydrogens is 281 g/mol. The highest BCUT2D eigenvalue weighted by Crippen LogP contribution is 2.29. The molecule has 21 heavy (non-hydrogen) atoms. The summed E-state index contributed by atoms with van der Waals surface area (Å²) >= 11 is 0. The Morgan fingerprint density at radius 3 is 2.57 bits per heavy atom. The van der Waals surface area contributed by atoms with Gasteiger partial charge in [-0.15, -0.1) is 0 Å². The van der Waals surface area contributed by atoms with Crippen molar-refractivity contribution in [1.29, 1.82) is 0 Å². The van der Waals surface area contributed by atoms with Crippen molar-refractivity contribution in [2.45, 2.75) is 6.92 Å². The molecule has 0 saturated carbocycles. The first kappa shape index (κ1) is 14.4. The summed E-state index contributed by atoms with van der Waals surface area (Å²) in [6, 6.07) is 7.39. The van der Waals surface area contributed by atoms with Crippen LogP contribution in [0.1, 0.15) is 15.9 Å². The summed E-state index contributed by atoms with van der Waals surface area (Å²) in [6.07, 6.45) is 0. The van der Waals surface area contributed by atoms with E-state index in [2.05, 4.69) is 0 Å². The summed E-state index contributed by atoms with van der Waals surface area (Å²) in [5.74, 6) is -1.86. The summed E-state index contributed by atoms with van der Waals surface area (Å²) in [4.78, 5) is 20.6. The molecule has 1 N–H and O–H groups in total. The first-order chi connectivity index (χ1) is 9.88. The minimum absolute atomic E-state index is 0.0259. The molecule has 0 aliphatic carbocycles. The van der Waals surface area contributed by atoms with Crippen LogP contribution in [0.5, 0.6) is 11.5 Å². The number of nitro groups is 1. The quantitative estimate of drug-likeness (QED) is 0.687. The molecule has 0 bridgehead atoms. The predicted octanol–water partition coefficient (Wildman–Crippen LogP) is 3.53. The number of carbonyl (C=O) groups is 1. The zero-order chi connectivity index (χ0) is 15.6. The number of carboxylic acid groups (broad SMARTS) is 1. The molecule has 7 heteroatoms. The van der Waals surface area contributed by atoms with Crippen molar-refractivity contribution in [3.8, 4) is 11.5 Å². The fourth-order valence-corrected chi connectivity index (χ4v) is 1.67. The van der Waals surface area contributed by atoms with E-state index in [1.807, 2.05) is 0 Å². The van der Waals surface area contributed by atoms with Gasteiger partial charge >= 0.3 is 11.7 Å². The number of nitrogens with zero attached hydrogens (tertiary/aromatic N) is 1. The van der Waals surface area contributed by atoms with Crippen LogP contribution in [-0.4, -0.2) is 16.0 Å². The monoisotopic (exact) mass is 291 g/mol. The Morgan fingerprint density at radius 1 is 1.29 bits per heavy atom. The van der Waals surface area contributed by atoms with E-state index in [4.69, 9.17) is 9.84 Å². The van der Waals surface area contributed by atoms with Gasteiger partial charge in [0.05, 0.1) is 10.5 Å². The molecule has 0 aromatic heterocycles. The molecule has 108 valence electrons. The third-order valence-electron chi connectivity index (χ3n) is 2.78. The van der Waals surface area contributed by atoms with Gasteiger partial charge < -0.3 is 9.84 Å². The van der Waals surface area contributed by atoms with Crippen LogP contribution in [-0.2, 0) is 0 Å². The number of rotatable bonds is 4. The van der Waals surface area contributed by atoms with Crippen molar-refractivity contribution in [2.24, 2.45) is 0 Å². The number of ether oxygens (including phenoxy) is 1. The third-order valence-corrected chi connectivity index (χ3v) is 2.78. The number of hydrogen-bond donors (Lipinski definition) is 1. The lowest BCUT2D eigenvalue weighted by Crippen LogP contribution is -1.98. The summed E-state index contributed by atoms with van der Waals surface area (Å²) in [6.45, 7) is 1.70. The van der Waals surface area contributed by atoms with E-state index < -0.39 is 22.4 Å². The molecule has 2 rings (SSSR count). The van der Waals surface area contributed by atoms with Crippen molar-refractivity contribution in [3.05, 3.63) is 63.5 Å². The molecule has 0 aliphatic rings. The Bertz CT molecular complexity index is 729. The van der Waals surface area contributed by atoms with Gasteiger partial charge in [0, 0.05) is 12.1 Å². The second kappa shape index (κ2) is 5.58. The van der Waals surface area contributed by atoms with Gasteiger partial charge in [-0.25, -0.2) is 4.79 Å². The average Bonchev–Trinajstić information content (AvgIpc) is 2.40. The molecule has 0 saturated heterocycles. The first-order valence-corrected chi connectivity index (χ1v) is 5.84. The molecule has 0 atom stereocenters. The molecule has 0 aliphatic heterocycles. The number of carboxylic acids is 1. The summed E-state index contributed by atoms with van der Waals surface area (Å²) in [5, 5.41) is 19.4. The molecule has 6 nitrogen and oxygen atoms in total. The van der Waals surface area contributed by atoms with E-state index in [0.29, 0.717) is 5.56 Å². The highest BCUT2D eigenvalue weighted by molar-refractivity contribution is 5.88. The maximum absolute atomic E-state index is 13.5. The predicted molar refractivity (Wildman–Crippen MR) is 71.3 cm³/mol. The summed E-state index contributed by atoms with van der Waals surface area (Å²) < 4.78 is 18.9. The van der Waals surface area contributed by atoms with E-state index in [1.165, 1.54) is 18.2 Å². The van der Waals surface area contributed by atoms with Crippen molar-refractivity contribution in [3.63, 3.8) is 0 Å². The highest BCUT2D eigenvalue weighted by atomic mass is 19.1. The van der Waals surface area contributed by atoms with Gasteiger partial charge in [-0.2, -0.15) is 4.39 Å². The van der Waals surface area contributed by atoms with Gasteiger partial charge in [-0.3, -0.25) is 10.1 Å². The van der Waals surface area contributed by atoms with Crippen LogP contribution in [0.4, 0.5) is 10.1 Å². The highest BCUT2D eigenvalue weighted by Gasteiger charge is 2.15. The number of nitro benzene ring substituents is 1. The minimum atomic E-state index is -1.12. The number of aromatic carboxylic acids is 1. The number of halogens is 1. The maximum Gasteiger partial charge on any atom is 0.335 e. The summed E-state index contributed by atoms with van der Waals surface area (Å²) in [7, 11) is 0. The van der Waals surface area contributed by atoms with Crippen molar-refractivity contribution in [2.75, 3.05) is 0 Å². The van der Waals surface area contributed by atoms with Gasteiger partial charge in [0.15, 0.2) is 0 Å². The van der Waals surface area contributed by atoms with Crippen LogP contribution in [0, 0.1) is 22.9 Å². The molecule has 0 spiro atoms. The van der Waals surface area contributed by atoms with Crippen molar-refractivity contribution < 1.29 is 24.0 Å². The molecule has 0 amide bonds. The molecule has 0 heterocycles. The first-order valence-electron chi connectivity index (χ1n) is 5.84. The standard InChI is InChI=1S/C14H10FNO5/c1-8-2-3-9(14(17)18)6-13(8)21-10-4-5-12(16(19)20)11(15)7-10/h2-7H,1H3,(H,17,18). The zero-order valence-corrected chi connectivity index (χ0v) is 10.9. The largest absolute Gasteiger partial charge is 0.478 e. The van der Waals surface area contributed by atoms with Gasteiger partial charge in [-0.1, -0.05) is 6.07 Å². The average molecular weight is 291 g/mol. The van der Waals surface area contributed by atoms with E-state index in [-0.39, 0.29) is 17.1 Å². The minimum Gasteiger partial charge on any atom is -0.478 e. The number of benzene rings is 2. The smallest absolute Gasteiger partial charge is 0.335 e. The summed E-state index contributed by atoms with van der Waals surface area (Å²) in [5.41, 5.74) is 0.0232. The molecule has 0 fully saturated rings. The molecule has 2 aromatic rings. The topological polar surface area (TPSA) is 89.7 Å². The third kappa shape index (κ3) is 3.14. The van der Waals surface area contributed by atoms with Gasteiger partial charge in [0.1, 0.15) is 11.5 Å². The number of aryl methyl sites for hydroxylation is 1. The Morgan fingerprint density at radius 2 is 2.00 bits per heavy atom. The van der Waals surface area contributed by atoms with E-state index in [9.17, 15) is 19.3 Å². The molecule has 0 radical (unpaired) electrons. The molecule has 0 unspecified atom stereocenters. The second-order valence-corrected chi connectivity index (χ2v) is 4.26. The van der Waals surface area contributed by atoms with Crippen molar-refractivity contribution in [1.82, 2.24) is 0 Å². The van der Waals surface area contributed by atoms with Crippen LogP contribution < -0.4 is 4.74 Å². The Labute approximate surface area is 118 Å². The van der Waals surface area contributed by atoms with Gasteiger partial charge in [-0.05, 0) is 30.7 Å². The van der Waals surface area contributed by atoms with Crippen LogP contribution in [0.15, 0.2) is 36.4 Å². The Balaban J connectivity index is 2.34. The van der Waals surface area contributed by atoms with Crippen molar-refractivity contribution >= 4 is 11.7 Å². The second-order valence-electron chi connectivity index (χ2n) is 4.26. The van der Waals surface area contributed by atoms with Gasteiger partial charge in [0.2, 0.25) is 5.82 Å². The van der Waals surface area contributed by atoms with Crippen LogP contribution in [0.2, 0.25) is 0 Å². The number of hydrogen-bond acceptors (Lipinski definition) is 4.